The number of carboxylic acid groups (broad SMARTS) is 1. The van der Waals surface area contributed by atoms with E-state index in [2.05, 4.69) is 5.32 Å². The lowest BCUT2D eigenvalue weighted by Gasteiger charge is -2.38. The van der Waals surface area contributed by atoms with Crippen molar-refractivity contribution in [3.8, 4) is 5.75 Å². The Kier molecular flexibility index (Phi) is 4.42. The Morgan fingerprint density at radius 2 is 2.29 bits per heavy atom. The second kappa shape index (κ2) is 6.09. The summed E-state index contributed by atoms with van der Waals surface area (Å²) in [6.45, 7) is 2.53. The Balaban J connectivity index is 2.27. The zero-order valence-electron chi connectivity index (χ0n) is 11.5. The molecular formula is C14H17FN2O4. The van der Waals surface area contributed by atoms with Gasteiger partial charge in [-0.05, 0) is 13.0 Å². The smallest absolute Gasteiger partial charge is 0.305 e. The number of rotatable bonds is 4. The van der Waals surface area contributed by atoms with Gasteiger partial charge in [-0.1, -0.05) is 6.07 Å². The van der Waals surface area contributed by atoms with Crippen LogP contribution in [-0.2, 0) is 9.59 Å². The molecule has 6 nitrogen and oxygen atoms in total. The van der Waals surface area contributed by atoms with Gasteiger partial charge < -0.3 is 15.5 Å². The van der Waals surface area contributed by atoms with Crippen LogP contribution >= 0.6 is 0 Å². The number of nitrogens with zero attached hydrogens (tertiary/aromatic N) is 1. The molecule has 1 aliphatic heterocycles. The molecule has 1 aliphatic rings. The van der Waals surface area contributed by atoms with E-state index in [9.17, 15) is 19.1 Å². The molecule has 0 bridgehead atoms. The minimum Gasteiger partial charge on any atom is -0.508 e. The van der Waals surface area contributed by atoms with E-state index in [1.54, 1.807) is 11.8 Å². The molecule has 7 heteroatoms. The van der Waals surface area contributed by atoms with E-state index in [0.717, 1.165) is 6.07 Å². The van der Waals surface area contributed by atoms with Crippen LogP contribution in [0.1, 0.15) is 24.9 Å². The Morgan fingerprint density at radius 1 is 1.57 bits per heavy atom. The van der Waals surface area contributed by atoms with Gasteiger partial charge in [0.25, 0.3) is 0 Å². The van der Waals surface area contributed by atoms with Gasteiger partial charge in [0.05, 0.1) is 6.42 Å². The summed E-state index contributed by atoms with van der Waals surface area (Å²) in [4.78, 5) is 24.4. The molecule has 1 fully saturated rings. The SMILES string of the molecule is CC(c1ccc(O)cc1F)N1CCNC(=O)C1CC(=O)O. The predicted octanol–water partition coefficient (Wildman–Crippen LogP) is 0.867. The molecule has 2 unspecified atom stereocenters. The summed E-state index contributed by atoms with van der Waals surface area (Å²) < 4.78 is 13.9. The van der Waals surface area contributed by atoms with Crippen molar-refractivity contribution in [2.45, 2.75) is 25.4 Å². The molecular weight excluding hydrogens is 279 g/mol. The van der Waals surface area contributed by atoms with Crippen LogP contribution in [0.15, 0.2) is 18.2 Å². The number of amides is 1. The van der Waals surface area contributed by atoms with Crippen LogP contribution in [-0.4, -0.2) is 46.1 Å². The summed E-state index contributed by atoms with van der Waals surface area (Å²) in [5.74, 6) is -2.21. The van der Waals surface area contributed by atoms with Gasteiger partial charge in [-0.3, -0.25) is 14.5 Å². The first-order chi connectivity index (χ1) is 9.90. The Labute approximate surface area is 121 Å². The number of hydrogen-bond donors (Lipinski definition) is 3. The lowest BCUT2D eigenvalue weighted by Crippen LogP contribution is -2.56. The highest BCUT2D eigenvalue weighted by atomic mass is 19.1. The van der Waals surface area contributed by atoms with Crippen LogP contribution in [0.2, 0.25) is 0 Å². The molecule has 0 spiro atoms. The van der Waals surface area contributed by atoms with Crippen molar-refractivity contribution < 1.29 is 24.2 Å². The molecule has 1 heterocycles. The number of piperazine rings is 1. The molecule has 2 rings (SSSR count). The van der Waals surface area contributed by atoms with Crippen LogP contribution in [0, 0.1) is 5.82 Å². The zero-order valence-corrected chi connectivity index (χ0v) is 11.5. The predicted molar refractivity (Wildman–Crippen MR) is 72.2 cm³/mol. The molecule has 21 heavy (non-hydrogen) atoms. The fourth-order valence-electron chi connectivity index (χ4n) is 2.60. The van der Waals surface area contributed by atoms with Gasteiger partial charge in [-0.2, -0.15) is 0 Å². The van der Waals surface area contributed by atoms with E-state index in [1.807, 2.05) is 0 Å². The Morgan fingerprint density at radius 3 is 2.90 bits per heavy atom. The average molecular weight is 296 g/mol. The van der Waals surface area contributed by atoms with Gasteiger partial charge in [0.15, 0.2) is 0 Å². The number of aromatic hydroxyl groups is 1. The lowest BCUT2D eigenvalue weighted by atomic mass is 10.0. The van der Waals surface area contributed by atoms with Gasteiger partial charge in [0.1, 0.15) is 17.6 Å². The number of carbonyl (C=O) groups is 2. The van der Waals surface area contributed by atoms with Crippen molar-refractivity contribution in [3.05, 3.63) is 29.6 Å². The molecule has 1 aromatic rings. The third-order valence-electron chi connectivity index (χ3n) is 3.67. The van der Waals surface area contributed by atoms with Gasteiger partial charge in [0.2, 0.25) is 5.91 Å². The van der Waals surface area contributed by atoms with Crippen molar-refractivity contribution in [1.82, 2.24) is 10.2 Å². The van der Waals surface area contributed by atoms with Gasteiger partial charge in [-0.25, -0.2) is 4.39 Å². The molecule has 0 aliphatic carbocycles. The van der Waals surface area contributed by atoms with Crippen molar-refractivity contribution in [2.24, 2.45) is 0 Å². The fraction of sp³-hybridized carbons (Fsp3) is 0.429. The topological polar surface area (TPSA) is 89.9 Å². The van der Waals surface area contributed by atoms with Crippen LogP contribution in [0.25, 0.3) is 0 Å². The number of benzene rings is 1. The number of hydrogen-bond acceptors (Lipinski definition) is 4. The maximum absolute atomic E-state index is 13.9. The molecule has 1 aromatic carbocycles. The van der Waals surface area contributed by atoms with Crippen LogP contribution in [0.3, 0.4) is 0 Å². The zero-order chi connectivity index (χ0) is 15.6. The summed E-state index contributed by atoms with van der Waals surface area (Å²) in [5, 5.41) is 20.8. The maximum Gasteiger partial charge on any atom is 0.305 e. The molecule has 0 aromatic heterocycles. The van der Waals surface area contributed by atoms with E-state index < -0.39 is 23.9 Å². The first-order valence-corrected chi connectivity index (χ1v) is 6.64. The van der Waals surface area contributed by atoms with Crippen molar-refractivity contribution in [2.75, 3.05) is 13.1 Å². The van der Waals surface area contributed by atoms with Crippen molar-refractivity contribution in [1.29, 1.82) is 0 Å². The van der Waals surface area contributed by atoms with E-state index in [0.29, 0.717) is 18.7 Å². The summed E-state index contributed by atoms with van der Waals surface area (Å²) in [6, 6.07) is 2.51. The first-order valence-electron chi connectivity index (χ1n) is 6.64. The highest BCUT2D eigenvalue weighted by Gasteiger charge is 2.35. The van der Waals surface area contributed by atoms with E-state index in [4.69, 9.17) is 5.11 Å². The number of phenols is 1. The number of carbonyl (C=O) groups excluding carboxylic acids is 1. The van der Waals surface area contributed by atoms with Gasteiger partial charge in [-0.15, -0.1) is 0 Å². The minimum absolute atomic E-state index is 0.179. The van der Waals surface area contributed by atoms with Crippen LogP contribution < -0.4 is 5.32 Å². The minimum atomic E-state index is -1.08. The first kappa shape index (κ1) is 15.2. The lowest BCUT2D eigenvalue weighted by molar-refractivity contribution is -0.143. The van der Waals surface area contributed by atoms with Gasteiger partial charge in [0, 0.05) is 30.8 Å². The third-order valence-corrected chi connectivity index (χ3v) is 3.67. The number of phenolic OH excluding ortho intramolecular Hbond substituents is 1. The Hall–Kier alpha value is -2.15. The monoisotopic (exact) mass is 296 g/mol. The maximum atomic E-state index is 13.9. The van der Waals surface area contributed by atoms with Crippen molar-refractivity contribution >= 4 is 11.9 Å². The number of aliphatic carboxylic acids is 1. The summed E-state index contributed by atoms with van der Waals surface area (Å²) in [5.41, 5.74) is 0.317. The summed E-state index contributed by atoms with van der Waals surface area (Å²) in [7, 11) is 0. The highest BCUT2D eigenvalue weighted by molar-refractivity contribution is 5.86. The number of carboxylic acids is 1. The molecule has 1 saturated heterocycles. The van der Waals surface area contributed by atoms with Crippen molar-refractivity contribution in [3.63, 3.8) is 0 Å². The molecule has 1 amide bonds. The second-order valence-corrected chi connectivity index (χ2v) is 5.02. The average Bonchev–Trinajstić information content (AvgIpc) is 2.40. The molecule has 114 valence electrons. The quantitative estimate of drug-likeness (QED) is 0.767. The summed E-state index contributed by atoms with van der Waals surface area (Å²) >= 11 is 0. The molecule has 0 saturated carbocycles. The number of halogens is 1. The standard InChI is InChI=1S/C14H17FN2O4/c1-8(10-3-2-9(18)6-11(10)15)17-5-4-16-14(21)12(17)7-13(19)20/h2-3,6,8,12,18H,4-5,7H2,1H3,(H,16,21)(H,19,20). The normalized spacial score (nSPS) is 20.9. The largest absolute Gasteiger partial charge is 0.508 e. The summed E-state index contributed by atoms with van der Waals surface area (Å²) in [6.07, 6.45) is -0.337. The highest BCUT2D eigenvalue weighted by Crippen LogP contribution is 2.28. The van der Waals surface area contributed by atoms with E-state index >= 15 is 0 Å². The van der Waals surface area contributed by atoms with E-state index in [1.165, 1.54) is 12.1 Å². The Bertz CT molecular complexity index is 564. The van der Waals surface area contributed by atoms with E-state index in [-0.39, 0.29) is 18.1 Å². The molecule has 0 radical (unpaired) electrons. The third kappa shape index (κ3) is 3.30. The number of nitrogens with one attached hydrogen (secondary N) is 1. The van der Waals surface area contributed by atoms with Crippen LogP contribution in [0.5, 0.6) is 5.75 Å². The van der Waals surface area contributed by atoms with Crippen LogP contribution in [0.4, 0.5) is 4.39 Å². The van der Waals surface area contributed by atoms with Gasteiger partial charge >= 0.3 is 5.97 Å². The second-order valence-electron chi connectivity index (χ2n) is 5.02. The molecule has 2 atom stereocenters. The fourth-order valence-corrected chi connectivity index (χ4v) is 2.60. The molecule has 3 N–H and O–H groups in total.